The van der Waals surface area contributed by atoms with E-state index in [4.69, 9.17) is 16.3 Å². The van der Waals surface area contributed by atoms with Crippen molar-refractivity contribution in [2.24, 2.45) is 0 Å². The Morgan fingerprint density at radius 3 is 2.69 bits per heavy atom. The molecule has 32 heavy (non-hydrogen) atoms. The highest BCUT2D eigenvalue weighted by atomic mass is 35.5. The van der Waals surface area contributed by atoms with Gasteiger partial charge in [0.05, 0.1) is 18.1 Å². The van der Waals surface area contributed by atoms with Gasteiger partial charge in [0.15, 0.2) is 6.61 Å². The number of nitrogens with zero attached hydrogens (tertiary/aromatic N) is 2. The summed E-state index contributed by atoms with van der Waals surface area (Å²) in [5.74, 6) is -4.20. The van der Waals surface area contributed by atoms with Gasteiger partial charge < -0.3 is 20.3 Å². The molecule has 0 bridgehead atoms. The average Bonchev–Trinajstić information content (AvgIpc) is 2.73. The summed E-state index contributed by atoms with van der Waals surface area (Å²) in [5.41, 5.74) is 0.875. The van der Waals surface area contributed by atoms with Gasteiger partial charge in [0.25, 0.3) is 17.7 Å². The Labute approximate surface area is 187 Å². The second-order valence-electron chi connectivity index (χ2n) is 7.13. The molecule has 1 aromatic heterocycles. The van der Waals surface area contributed by atoms with E-state index in [9.17, 15) is 22.8 Å². The molecule has 0 spiro atoms. The molecule has 1 aliphatic heterocycles. The third-order valence-electron chi connectivity index (χ3n) is 4.49. The van der Waals surface area contributed by atoms with E-state index in [2.05, 4.69) is 22.2 Å². The Balaban J connectivity index is 1.38. The highest BCUT2D eigenvalue weighted by Crippen LogP contribution is 2.31. The highest BCUT2D eigenvalue weighted by Gasteiger charge is 2.44. The maximum absolute atomic E-state index is 13.3. The summed E-state index contributed by atoms with van der Waals surface area (Å²) in [7, 11) is 0. The van der Waals surface area contributed by atoms with Gasteiger partial charge in [-0.15, -0.1) is 0 Å². The SMILES string of the molecule is C=C(CCNC(=O)COc1ccc(Cl)c(F)c1)NC(=O)c1cc(N2CC(F)(F)C2)ccn1. The number of amides is 2. The van der Waals surface area contributed by atoms with Crippen LogP contribution in [0.15, 0.2) is 48.8 Å². The van der Waals surface area contributed by atoms with Crippen LogP contribution in [0.4, 0.5) is 18.9 Å². The molecule has 11 heteroatoms. The lowest BCUT2D eigenvalue weighted by Crippen LogP contribution is -2.56. The molecule has 0 aliphatic carbocycles. The number of anilines is 1. The number of carbonyl (C=O) groups is 2. The molecule has 2 aromatic rings. The Hall–Kier alpha value is -3.27. The molecule has 0 unspecified atom stereocenters. The van der Waals surface area contributed by atoms with E-state index in [1.807, 2.05) is 0 Å². The van der Waals surface area contributed by atoms with Gasteiger partial charge in [-0.05, 0) is 24.3 Å². The third-order valence-corrected chi connectivity index (χ3v) is 4.79. The smallest absolute Gasteiger partial charge is 0.282 e. The van der Waals surface area contributed by atoms with Gasteiger partial charge in [0, 0.05) is 36.6 Å². The topological polar surface area (TPSA) is 83.6 Å². The van der Waals surface area contributed by atoms with Gasteiger partial charge in [-0.3, -0.25) is 14.6 Å². The van der Waals surface area contributed by atoms with E-state index in [0.29, 0.717) is 11.4 Å². The average molecular weight is 469 g/mol. The monoisotopic (exact) mass is 468 g/mol. The summed E-state index contributed by atoms with van der Waals surface area (Å²) in [5, 5.41) is 5.09. The lowest BCUT2D eigenvalue weighted by atomic mass is 10.1. The first kappa shape index (κ1) is 23.4. The normalized spacial score (nSPS) is 14.3. The van der Waals surface area contributed by atoms with E-state index in [1.54, 1.807) is 6.07 Å². The van der Waals surface area contributed by atoms with Gasteiger partial charge in [-0.25, -0.2) is 13.2 Å². The van der Waals surface area contributed by atoms with Crippen molar-refractivity contribution in [1.29, 1.82) is 0 Å². The van der Waals surface area contributed by atoms with Crippen LogP contribution in [0.5, 0.6) is 5.75 Å². The van der Waals surface area contributed by atoms with Gasteiger partial charge in [-0.1, -0.05) is 18.2 Å². The van der Waals surface area contributed by atoms with Crippen molar-refractivity contribution in [1.82, 2.24) is 15.6 Å². The minimum Gasteiger partial charge on any atom is -0.484 e. The number of aromatic nitrogens is 1. The first-order chi connectivity index (χ1) is 15.1. The van der Waals surface area contributed by atoms with Crippen LogP contribution < -0.4 is 20.3 Å². The first-order valence-corrected chi connectivity index (χ1v) is 9.93. The van der Waals surface area contributed by atoms with Crippen molar-refractivity contribution in [2.45, 2.75) is 12.3 Å². The summed E-state index contributed by atoms with van der Waals surface area (Å²) in [4.78, 5) is 29.6. The molecular weight excluding hydrogens is 449 g/mol. The Bertz CT molecular complexity index is 1030. The standard InChI is InChI=1S/C21H20ClF3N4O3/c1-13(4-6-27-19(30)10-32-15-2-3-16(22)17(23)9-15)28-20(31)18-8-14(5-7-26-18)29-11-21(24,25)12-29/h2-3,5,7-9H,1,4,6,10-12H2,(H,27,30)(H,28,31). The fraction of sp³-hybridized carbons (Fsp3) is 0.286. The number of pyridine rings is 1. The molecule has 0 atom stereocenters. The number of rotatable bonds is 9. The van der Waals surface area contributed by atoms with Gasteiger partial charge >= 0.3 is 0 Å². The van der Waals surface area contributed by atoms with Crippen LogP contribution in [0.3, 0.4) is 0 Å². The Morgan fingerprint density at radius 2 is 2.00 bits per heavy atom. The summed E-state index contributed by atoms with van der Waals surface area (Å²) >= 11 is 5.58. The zero-order valence-corrected chi connectivity index (χ0v) is 17.6. The maximum atomic E-state index is 13.3. The van der Waals surface area contributed by atoms with Crippen LogP contribution >= 0.6 is 11.6 Å². The lowest BCUT2D eigenvalue weighted by molar-refractivity contribution is -0.123. The van der Waals surface area contributed by atoms with E-state index < -0.39 is 36.6 Å². The Kier molecular flexibility index (Phi) is 7.24. The van der Waals surface area contributed by atoms with E-state index in [1.165, 1.54) is 29.3 Å². The molecule has 1 saturated heterocycles. The molecule has 0 radical (unpaired) electrons. The fourth-order valence-corrected chi connectivity index (χ4v) is 2.96. The van der Waals surface area contributed by atoms with Crippen molar-refractivity contribution in [3.05, 3.63) is 65.3 Å². The summed E-state index contributed by atoms with van der Waals surface area (Å²) < 4.78 is 44.6. The van der Waals surface area contributed by atoms with E-state index in [0.717, 1.165) is 6.07 Å². The molecule has 1 fully saturated rings. The quantitative estimate of drug-likeness (QED) is 0.590. The fourth-order valence-electron chi connectivity index (χ4n) is 2.84. The van der Waals surface area contributed by atoms with Crippen molar-refractivity contribution < 1.29 is 27.5 Å². The largest absolute Gasteiger partial charge is 0.484 e. The Morgan fingerprint density at radius 1 is 1.25 bits per heavy atom. The van der Waals surface area contributed by atoms with Crippen molar-refractivity contribution in [3.8, 4) is 5.75 Å². The molecule has 3 rings (SSSR count). The number of carbonyl (C=O) groups excluding carboxylic acids is 2. The number of hydrogen-bond donors (Lipinski definition) is 2. The van der Waals surface area contributed by atoms with Gasteiger partial charge in [0.2, 0.25) is 0 Å². The predicted octanol–water partition coefficient (Wildman–Crippen LogP) is 3.16. The number of benzene rings is 1. The number of halogens is 4. The lowest BCUT2D eigenvalue weighted by Gasteiger charge is -2.40. The van der Waals surface area contributed by atoms with Crippen LogP contribution in [-0.2, 0) is 4.79 Å². The van der Waals surface area contributed by atoms with Crippen LogP contribution in [0.1, 0.15) is 16.9 Å². The van der Waals surface area contributed by atoms with Gasteiger partial charge in [-0.2, -0.15) is 0 Å². The molecule has 170 valence electrons. The highest BCUT2D eigenvalue weighted by molar-refractivity contribution is 6.30. The summed E-state index contributed by atoms with van der Waals surface area (Å²) in [6.45, 7) is 2.77. The molecule has 2 heterocycles. The minimum absolute atomic E-state index is 0.0496. The number of hydrogen-bond acceptors (Lipinski definition) is 5. The molecule has 7 nitrogen and oxygen atoms in total. The molecular formula is C21H20ClF3N4O3. The first-order valence-electron chi connectivity index (χ1n) is 9.55. The van der Waals surface area contributed by atoms with Crippen LogP contribution in [-0.4, -0.2) is 49.0 Å². The van der Waals surface area contributed by atoms with Crippen molar-refractivity contribution in [2.75, 3.05) is 31.1 Å². The molecule has 1 aliphatic rings. The molecule has 1 aromatic carbocycles. The van der Waals surface area contributed by atoms with E-state index >= 15 is 0 Å². The zero-order valence-electron chi connectivity index (χ0n) is 16.8. The number of nitrogens with one attached hydrogen (secondary N) is 2. The van der Waals surface area contributed by atoms with Crippen molar-refractivity contribution >= 4 is 29.1 Å². The zero-order chi connectivity index (χ0) is 23.3. The second-order valence-corrected chi connectivity index (χ2v) is 7.54. The van der Waals surface area contributed by atoms with Gasteiger partial charge in [0.1, 0.15) is 17.3 Å². The summed E-state index contributed by atoms with van der Waals surface area (Å²) in [6.07, 6.45) is 1.61. The summed E-state index contributed by atoms with van der Waals surface area (Å²) in [6, 6.07) is 6.81. The van der Waals surface area contributed by atoms with E-state index in [-0.39, 0.29) is 36.0 Å². The van der Waals surface area contributed by atoms with Crippen LogP contribution in [0.2, 0.25) is 5.02 Å². The van der Waals surface area contributed by atoms with Crippen molar-refractivity contribution in [3.63, 3.8) is 0 Å². The molecule has 2 N–H and O–H groups in total. The molecule has 0 saturated carbocycles. The second kappa shape index (κ2) is 9.90. The maximum Gasteiger partial charge on any atom is 0.282 e. The number of ether oxygens (including phenoxy) is 1. The van der Waals surface area contributed by atoms with Crippen LogP contribution in [0, 0.1) is 5.82 Å². The minimum atomic E-state index is -2.72. The predicted molar refractivity (Wildman–Crippen MR) is 113 cm³/mol. The number of alkyl halides is 2. The third kappa shape index (κ3) is 6.36. The van der Waals surface area contributed by atoms with Crippen LogP contribution in [0.25, 0.3) is 0 Å². The molecule has 2 amide bonds.